The third-order valence-electron chi connectivity index (χ3n) is 2.87. The van der Waals surface area contributed by atoms with E-state index in [2.05, 4.69) is 26.2 Å². The number of amides is 1. The van der Waals surface area contributed by atoms with Crippen molar-refractivity contribution in [3.05, 3.63) is 63.9 Å². The fraction of sp³-hybridized carbons (Fsp3) is 0.200. The first-order valence-electron chi connectivity index (χ1n) is 6.05. The van der Waals surface area contributed by atoms with Gasteiger partial charge in [0.05, 0.1) is 11.6 Å². The van der Waals surface area contributed by atoms with Crippen LogP contribution in [0.4, 0.5) is 0 Å². The molecule has 0 spiro atoms. The Bertz CT molecular complexity index is 581. The van der Waals surface area contributed by atoms with Gasteiger partial charge in [0.2, 0.25) is 0 Å². The summed E-state index contributed by atoms with van der Waals surface area (Å²) in [5.41, 5.74) is 2.53. The Balaban J connectivity index is 2.08. The summed E-state index contributed by atoms with van der Waals surface area (Å²) >= 11 is 3.43. The van der Waals surface area contributed by atoms with Gasteiger partial charge in [-0.3, -0.25) is 9.78 Å². The normalized spacial score (nSPS) is 11.9. The van der Waals surface area contributed by atoms with Crippen LogP contribution in [0.1, 0.15) is 34.6 Å². The molecule has 3 nitrogen and oxygen atoms in total. The molecule has 0 bridgehead atoms. The highest BCUT2D eigenvalue weighted by Crippen LogP contribution is 2.18. The van der Waals surface area contributed by atoms with Crippen molar-refractivity contribution in [1.82, 2.24) is 10.3 Å². The van der Waals surface area contributed by atoms with E-state index >= 15 is 0 Å². The zero-order valence-electron chi connectivity index (χ0n) is 10.9. The average Bonchev–Trinajstić information content (AvgIpc) is 2.39. The molecule has 0 fully saturated rings. The maximum atomic E-state index is 12.1. The summed E-state index contributed by atoms with van der Waals surface area (Å²) in [5.74, 6) is -0.111. The van der Waals surface area contributed by atoms with Crippen LogP contribution in [-0.4, -0.2) is 10.9 Å². The van der Waals surface area contributed by atoms with Crippen molar-refractivity contribution in [2.75, 3.05) is 0 Å². The molecule has 2 rings (SSSR count). The van der Waals surface area contributed by atoms with Gasteiger partial charge in [-0.15, -0.1) is 0 Å². The maximum absolute atomic E-state index is 12.1. The van der Waals surface area contributed by atoms with Gasteiger partial charge >= 0.3 is 0 Å². The van der Waals surface area contributed by atoms with Crippen LogP contribution < -0.4 is 5.32 Å². The number of carbonyl (C=O) groups excluding carboxylic acids is 1. The van der Waals surface area contributed by atoms with Crippen LogP contribution in [-0.2, 0) is 0 Å². The number of carbonyl (C=O) groups is 1. The molecule has 1 heterocycles. The predicted octanol–water partition coefficient (Wildman–Crippen LogP) is 3.64. The lowest BCUT2D eigenvalue weighted by atomic mass is 10.1. The maximum Gasteiger partial charge on any atom is 0.253 e. The van der Waals surface area contributed by atoms with E-state index in [4.69, 9.17) is 0 Å². The van der Waals surface area contributed by atoms with Gasteiger partial charge in [-0.1, -0.05) is 28.1 Å². The number of nitrogens with zero attached hydrogens (tertiary/aromatic N) is 1. The Morgan fingerprint density at radius 2 is 2.11 bits per heavy atom. The molecule has 0 radical (unpaired) electrons. The van der Waals surface area contributed by atoms with Crippen molar-refractivity contribution >= 4 is 21.8 Å². The number of nitrogens with one attached hydrogen (secondary N) is 1. The summed E-state index contributed by atoms with van der Waals surface area (Å²) in [4.78, 5) is 16.2. The van der Waals surface area contributed by atoms with Gasteiger partial charge < -0.3 is 5.32 Å². The van der Waals surface area contributed by atoms with E-state index < -0.39 is 0 Å². The zero-order chi connectivity index (χ0) is 13.8. The Labute approximate surface area is 121 Å². The summed E-state index contributed by atoms with van der Waals surface area (Å²) in [5, 5.41) is 2.96. The molecule has 1 aromatic carbocycles. The monoisotopic (exact) mass is 318 g/mol. The summed E-state index contributed by atoms with van der Waals surface area (Å²) in [6.07, 6.45) is 1.60. The topological polar surface area (TPSA) is 42.0 Å². The largest absolute Gasteiger partial charge is 0.345 e. The van der Waals surface area contributed by atoms with Gasteiger partial charge in [0, 0.05) is 16.4 Å². The van der Waals surface area contributed by atoms with Gasteiger partial charge in [0.1, 0.15) is 0 Å². The number of hydrogen-bond acceptors (Lipinski definition) is 2. The summed E-state index contributed by atoms with van der Waals surface area (Å²) in [7, 11) is 0. The highest BCUT2D eigenvalue weighted by molar-refractivity contribution is 9.10. The number of hydrogen-bond donors (Lipinski definition) is 1. The first-order valence-corrected chi connectivity index (χ1v) is 6.84. The molecule has 0 saturated carbocycles. The number of rotatable bonds is 3. The van der Waals surface area contributed by atoms with Gasteiger partial charge in [-0.05, 0) is 43.7 Å². The molecule has 1 amide bonds. The molecular weight excluding hydrogens is 304 g/mol. The molecule has 0 aliphatic rings. The highest BCUT2D eigenvalue weighted by atomic mass is 79.9. The number of aryl methyl sites for hydroxylation is 1. The van der Waals surface area contributed by atoms with Gasteiger partial charge in [0.15, 0.2) is 0 Å². The minimum atomic E-state index is -0.111. The molecular formula is C15H15BrN2O. The number of benzene rings is 1. The lowest BCUT2D eigenvalue weighted by Crippen LogP contribution is -2.26. The Morgan fingerprint density at radius 3 is 2.74 bits per heavy atom. The molecule has 4 heteroatoms. The van der Waals surface area contributed by atoms with Gasteiger partial charge in [0.25, 0.3) is 5.91 Å². The number of aromatic nitrogens is 1. The molecule has 2 aromatic rings. The molecule has 0 aliphatic carbocycles. The average molecular weight is 319 g/mol. The number of pyridine rings is 1. The second kappa shape index (κ2) is 5.97. The van der Waals surface area contributed by atoms with Crippen LogP contribution in [0.15, 0.2) is 47.1 Å². The smallest absolute Gasteiger partial charge is 0.253 e. The standard InChI is InChI=1S/C15H15BrN2O/c1-10-6-7-13(9-17-10)15(19)18-11(2)12-4-3-5-14(16)8-12/h3-9,11H,1-2H3,(H,18,19)/t11-/m0/s1. The van der Waals surface area contributed by atoms with Crippen LogP contribution in [0.5, 0.6) is 0 Å². The van der Waals surface area contributed by atoms with Gasteiger partial charge in [-0.25, -0.2) is 0 Å². The first kappa shape index (κ1) is 13.7. The summed E-state index contributed by atoms with van der Waals surface area (Å²) in [6, 6.07) is 11.5. The highest BCUT2D eigenvalue weighted by Gasteiger charge is 2.11. The van der Waals surface area contributed by atoms with Crippen LogP contribution in [0.3, 0.4) is 0 Å². The van der Waals surface area contributed by atoms with E-state index in [1.165, 1.54) is 0 Å². The Morgan fingerprint density at radius 1 is 1.32 bits per heavy atom. The molecule has 19 heavy (non-hydrogen) atoms. The zero-order valence-corrected chi connectivity index (χ0v) is 12.4. The molecule has 0 unspecified atom stereocenters. The SMILES string of the molecule is Cc1ccc(C(=O)N[C@@H](C)c2cccc(Br)c2)cn1. The van der Waals surface area contributed by atoms with Crippen LogP contribution in [0.25, 0.3) is 0 Å². The third kappa shape index (κ3) is 3.64. The van der Waals surface area contributed by atoms with E-state index in [0.29, 0.717) is 5.56 Å². The summed E-state index contributed by atoms with van der Waals surface area (Å²) < 4.78 is 1.00. The Kier molecular flexibility index (Phi) is 4.32. The van der Waals surface area contributed by atoms with E-state index in [9.17, 15) is 4.79 Å². The van der Waals surface area contributed by atoms with E-state index in [1.807, 2.05) is 44.2 Å². The lowest BCUT2D eigenvalue weighted by Gasteiger charge is -2.14. The van der Waals surface area contributed by atoms with Crippen molar-refractivity contribution in [2.24, 2.45) is 0 Å². The van der Waals surface area contributed by atoms with E-state index in [1.54, 1.807) is 12.3 Å². The van der Waals surface area contributed by atoms with Crippen LogP contribution in [0, 0.1) is 6.92 Å². The molecule has 0 aliphatic heterocycles. The second-order valence-electron chi connectivity index (χ2n) is 4.44. The van der Waals surface area contributed by atoms with Crippen molar-refractivity contribution in [1.29, 1.82) is 0 Å². The van der Waals surface area contributed by atoms with Crippen molar-refractivity contribution in [2.45, 2.75) is 19.9 Å². The van der Waals surface area contributed by atoms with Crippen LogP contribution in [0.2, 0.25) is 0 Å². The lowest BCUT2D eigenvalue weighted by molar-refractivity contribution is 0.0939. The predicted molar refractivity (Wildman–Crippen MR) is 79.0 cm³/mol. The van der Waals surface area contributed by atoms with Crippen molar-refractivity contribution in [3.8, 4) is 0 Å². The van der Waals surface area contributed by atoms with E-state index in [0.717, 1.165) is 15.7 Å². The fourth-order valence-corrected chi connectivity index (χ4v) is 2.16. The second-order valence-corrected chi connectivity index (χ2v) is 5.35. The minimum absolute atomic E-state index is 0.0497. The number of halogens is 1. The van der Waals surface area contributed by atoms with E-state index in [-0.39, 0.29) is 11.9 Å². The Hall–Kier alpha value is -1.68. The quantitative estimate of drug-likeness (QED) is 0.938. The molecule has 1 N–H and O–H groups in total. The summed E-state index contributed by atoms with van der Waals surface area (Å²) in [6.45, 7) is 3.85. The fourth-order valence-electron chi connectivity index (χ4n) is 1.74. The van der Waals surface area contributed by atoms with Crippen LogP contribution >= 0.6 is 15.9 Å². The molecule has 98 valence electrons. The van der Waals surface area contributed by atoms with Crippen molar-refractivity contribution in [3.63, 3.8) is 0 Å². The molecule has 0 saturated heterocycles. The first-order chi connectivity index (χ1) is 9.06. The third-order valence-corrected chi connectivity index (χ3v) is 3.36. The molecule has 1 aromatic heterocycles. The molecule has 1 atom stereocenters. The van der Waals surface area contributed by atoms with Gasteiger partial charge in [-0.2, -0.15) is 0 Å². The van der Waals surface area contributed by atoms with Crippen molar-refractivity contribution < 1.29 is 4.79 Å². The minimum Gasteiger partial charge on any atom is -0.345 e.